The van der Waals surface area contributed by atoms with E-state index in [0.717, 1.165) is 6.42 Å². The summed E-state index contributed by atoms with van der Waals surface area (Å²) in [4.78, 5) is 25.5. The van der Waals surface area contributed by atoms with Crippen LogP contribution in [0.4, 0.5) is 5.69 Å². The molecule has 1 heterocycles. The number of rotatable bonds is 4. The highest BCUT2D eigenvalue weighted by molar-refractivity contribution is 5.97. The summed E-state index contributed by atoms with van der Waals surface area (Å²) in [5.41, 5.74) is 1.21. The fourth-order valence-corrected chi connectivity index (χ4v) is 2.33. The quantitative estimate of drug-likeness (QED) is 0.875. The first kappa shape index (κ1) is 14.5. The number of hydrogen-bond acceptors (Lipinski definition) is 3. The molecular weight excluding hydrogens is 256 g/mol. The summed E-state index contributed by atoms with van der Waals surface area (Å²) < 4.78 is 0. The van der Waals surface area contributed by atoms with Gasteiger partial charge in [-0.1, -0.05) is 13.0 Å². The Labute approximate surface area is 118 Å². The van der Waals surface area contributed by atoms with Crippen LogP contribution >= 0.6 is 0 Å². The Morgan fingerprint density at radius 3 is 2.90 bits per heavy atom. The maximum absolute atomic E-state index is 12.3. The average Bonchev–Trinajstić information content (AvgIpc) is 2.95. The lowest BCUT2D eigenvalue weighted by molar-refractivity contribution is -0.115. The fourth-order valence-electron chi connectivity index (χ4n) is 2.33. The largest absolute Gasteiger partial charge is 0.396 e. The zero-order valence-corrected chi connectivity index (χ0v) is 11.6. The monoisotopic (exact) mass is 276 g/mol. The second-order valence-electron chi connectivity index (χ2n) is 5.07. The number of aliphatic hydroxyl groups is 1. The van der Waals surface area contributed by atoms with Crippen LogP contribution in [-0.4, -0.2) is 41.5 Å². The summed E-state index contributed by atoms with van der Waals surface area (Å²) in [6.45, 7) is 3.18. The highest BCUT2D eigenvalue weighted by Crippen LogP contribution is 2.19. The highest BCUT2D eigenvalue weighted by Gasteiger charge is 2.26. The van der Waals surface area contributed by atoms with E-state index >= 15 is 0 Å². The lowest BCUT2D eigenvalue weighted by Crippen LogP contribution is -2.29. The van der Waals surface area contributed by atoms with Crippen molar-refractivity contribution in [3.8, 4) is 0 Å². The van der Waals surface area contributed by atoms with Crippen LogP contribution in [0.15, 0.2) is 24.3 Å². The number of anilines is 1. The molecule has 2 N–H and O–H groups in total. The van der Waals surface area contributed by atoms with Gasteiger partial charge in [0.05, 0.1) is 0 Å². The van der Waals surface area contributed by atoms with E-state index in [0.29, 0.717) is 30.8 Å². The van der Waals surface area contributed by atoms with Gasteiger partial charge in [-0.25, -0.2) is 0 Å². The third kappa shape index (κ3) is 3.36. The van der Waals surface area contributed by atoms with Gasteiger partial charge in [-0.15, -0.1) is 0 Å². The van der Waals surface area contributed by atoms with E-state index in [2.05, 4.69) is 5.32 Å². The van der Waals surface area contributed by atoms with Gasteiger partial charge in [0.2, 0.25) is 5.91 Å². The zero-order chi connectivity index (χ0) is 14.5. The number of benzene rings is 1. The molecule has 1 aliphatic rings. The molecule has 1 unspecified atom stereocenters. The van der Waals surface area contributed by atoms with Crippen molar-refractivity contribution in [2.24, 2.45) is 5.92 Å². The van der Waals surface area contributed by atoms with E-state index in [-0.39, 0.29) is 24.3 Å². The van der Waals surface area contributed by atoms with Crippen LogP contribution in [-0.2, 0) is 4.79 Å². The number of carbonyl (C=O) groups excluding carboxylic acids is 2. The zero-order valence-electron chi connectivity index (χ0n) is 11.6. The van der Waals surface area contributed by atoms with E-state index in [4.69, 9.17) is 5.11 Å². The molecule has 20 heavy (non-hydrogen) atoms. The van der Waals surface area contributed by atoms with Crippen molar-refractivity contribution in [3.05, 3.63) is 29.8 Å². The number of carbonyl (C=O) groups is 2. The van der Waals surface area contributed by atoms with Crippen molar-refractivity contribution in [2.45, 2.75) is 19.8 Å². The number of nitrogens with one attached hydrogen (secondary N) is 1. The summed E-state index contributed by atoms with van der Waals surface area (Å²) >= 11 is 0. The van der Waals surface area contributed by atoms with Gasteiger partial charge in [0.25, 0.3) is 5.91 Å². The lowest BCUT2D eigenvalue weighted by atomic mass is 10.1. The highest BCUT2D eigenvalue weighted by atomic mass is 16.3. The van der Waals surface area contributed by atoms with Crippen LogP contribution in [0.25, 0.3) is 0 Å². The Morgan fingerprint density at radius 2 is 2.25 bits per heavy atom. The molecule has 0 saturated carbocycles. The first-order valence-electron chi connectivity index (χ1n) is 6.94. The minimum absolute atomic E-state index is 0.0476. The van der Waals surface area contributed by atoms with Crippen molar-refractivity contribution in [3.63, 3.8) is 0 Å². The first-order chi connectivity index (χ1) is 9.63. The van der Waals surface area contributed by atoms with Crippen molar-refractivity contribution in [2.75, 3.05) is 25.0 Å². The molecule has 0 spiro atoms. The Hall–Kier alpha value is -1.88. The van der Waals surface area contributed by atoms with Gasteiger partial charge < -0.3 is 15.3 Å². The Morgan fingerprint density at radius 1 is 1.45 bits per heavy atom. The minimum Gasteiger partial charge on any atom is -0.396 e. The summed E-state index contributed by atoms with van der Waals surface area (Å²) in [6, 6.07) is 6.97. The molecule has 5 heteroatoms. The molecule has 0 bridgehead atoms. The summed E-state index contributed by atoms with van der Waals surface area (Å²) in [5, 5.41) is 11.9. The normalized spacial score (nSPS) is 18.1. The van der Waals surface area contributed by atoms with E-state index in [1.165, 1.54) is 0 Å². The van der Waals surface area contributed by atoms with Gasteiger partial charge >= 0.3 is 0 Å². The van der Waals surface area contributed by atoms with Crippen LogP contribution in [0.5, 0.6) is 0 Å². The van der Waals surface area contributed by atoms with Crippen LogP contribution in [0.3, 0.4) is 0 Å². The minimum atomic E-state index is -0.0730. The van der Waals surface area contributed by atoms with Crippen molar-refractivity contribution in [1.29, 1.82) is 0 Å². The maximum Gasteiger partial charge on any atom is 0.253 e. The fraction of sp³-hybridized carbons (Fsp3) is 0.467. The van der Waals surface area contributed by atoms with Gasteiger partial charge in [0.15, 0.2) is 0 Å². The number of likely N-dealkylation sites (tertiary alicyclic amines) is 1. The first-order valence-corrected chi connectivity index (χ1v) is 6.94. The molecule has 108 valence electrons. The van der Waals surface area contributed by atoms with Crippen molar-refractivity contribution in [1.82, 2.24) is 4.90 Å². The number of hydrogen-bond donors (Lipinski definition) is 2. The molecule has 1 atom stereocenters. The third-order valence-electron chi connectivity index (χ3n) is 3.55. The van der Waals surface area contributed by atoms with E-state index in [9.17, 15) is 9.59 Å². The predicted molar refractivity (Wildman–Crippen MR) is 76.5 cm³/mol. The predicted octanol–water partition coefficient (Wildman–Crippen LogP) is 1.49. The Balaban J connectivity index is 2.07. The number of amides is 2. The van der Waals surface area contributed by atoms with Crippen LogP contribution in [0.2, 0.25) is 0 Å². The SMILES string of the molecule is CCC(=O)Nc1cccc(C(=O)N2CCC(CO)C2)c1. The molecule has 1 fully saturated rings. The van der Waals surface area contributed by atoms with Crippen LogP contribution < -0.4 is 5.32 Å². The summed E-state index contributed by atoms with van der Waals surface area (Å²) in [5.74, 6) is 0.0617. The standard InChI is InChI=1S/C15H20N2O3/c1-2-14(19)16-13-5-3-4-12(8-13)15(20)17-7-6-11(9-17)10-18/h3-5,8,11,18H,2,6-7,9-10H2,1H3,(H,16,19). The molecule has 1 aliphatic heterocycles. The van der Waals surface area contributed by atoms with Gasteiger partial charge in [-0.05, 0) is 24.6 Å². The molecular formula is C15H20N2O3. The van der Waals surface area contributed by atoms with Crippen LogP contribution in [0.1, 0.15) is 30.1 Å². The van der Waals surface area contributed by atoms with Crippen molar-refractivity contribution < 1.29 is 14.7 Å². The molecule has 1 aromatic rings. The molecule has 0 radical (unpaired) electrons. The van der Waals surface area contributed by atoms with Gasteiger partial charge in [-0.3, -0.25) is 9.59 Å². The molecule has 1 saturated heterocycles. The third-order valence-corrected chi connectivity index (χ3v) is 3.55. The van der Waals surface area contributed by atoms with E-state index in [1.54, 1.807) is 36.1 Å². The average molecular weight is 276 g/mol. The number of nitrogens with zero attached hydrogens (tertiary/aromatic N) is 1. The van der Waals surface area contributed by atoms with Gasteiger partial charge in [0, 0.05) is 43.3 Å². The second-order valence-corrected chi connectivity index (χ2v) is 5.07. The molecule has 2 amide bonds. The van der Waals surface area contributed by atoms with E-state index < -0.39 is 0 Å². The Bertz CT molecular complexity index is 502. The molecule has 5 nitrogen and oxygen atoms in total. The molecule has 1 aromatic carbocycles. The maximum atomic E-state index is 12.3. The summed E-state index contributed by atoms with van der Waals surface area (Å²) in [6.07, 6.45) is 1.25. The summed E-state index contributed by atoms with van der Waals surface area (Å²) in [7, 11) is 0. The van der Waals surface area contributed by atoms with E-state index in [1.807, 2.05) is 0 Å². The molecule has 0 aromatic heterocycles. The Kier molecular flexibility index (Phi) is 4.74. The smallest absolute Gasteiger partial charge is 0.253 e. The number of aliphatic hydroxyl groups excluding tert-OH is 1. The van der Waals surface area contributed by atoms with Gasteiger partial charge in [-0.2, -0.15) is 0 Å². The van der Waals surface area contributed by atoms with Crippen molar-refractivity contribution >= 4 is 17.5 Å². The molecule has 0 aliphatic carbocycles. The van der Waals surface area contributed by atoms with Crippen LogP contribution in [0, 0.1) is 5.92 Å². The van der Waals surface area contributed by atoms with Gasteiger partial charge in [0.1, 0.15) is 0 Å². The lowest BCUT2D eigenvalue weighted by Gasteiger charge is -2.16. The topological polar surface area (TPSA) is 69.6 Å². The molecule has 2 rings (SSSR count). The second kappa shape index (κ2) is 6.52.